The third-order valence-electron chi connectivity index (χ3n) is 3.16. The molecule has 16 heavy (non-hydrogen) atoms. The summed E-state index contributed by atoms with van der Waals surface area (Å²) in [5.74, 6) is 2.01. The summed E-state index contributed by atoms with van der Waals surface area (Å²) in [5, 5.41) is 0. The quantitative estimate of drug-likeness (QED) is 0.679. The van der Waals surface area contributed by atoms with E-state index in [1.165, 1.54) is 11.3 Å². The molecule has 0 aromatic heterocycles. The van der Waals surface area contributed by atoms with Crippen molar-refractivity contribution in [1.82, 2.24) is 0 Å². The van der Waals surface area contributed by atoms with Crippen molar-refractivity contribution in [2.75, 3.05) is 11.4 Å². The van der Waals surface area contributed by atoms with Crippen LogP contribution in [-0.4, -0.2) is 12.5 Å². The van der Waals surface area contributed by atoms with Crippen LogP contribution in [0.4, 0.5) is 5.69 Å². The fraction of sp³-hybridized carbons (Fsp3) is 0.231. The minimum Gasteiger partial charge on any atom is -0.347 e. The summed E-state index contributed by atoms with van der Waals surface area (Å²) in [6.07, 6.45) is 6.05. The fourth-order valence-corrected chi connectivity index (χ4v) is 2.94. The van der Waals surface area contributed by atoms with Gasteiger partial charge in [-0.15, -0.1) is 0 Å². The number of allylic oxidation sites excluding steroid dienone is 2. The third kappa shape index (κ3) is 1.29. The largest absolute Gasteiger partial charge is 0.347 e. The lowest BCUT2D eigenvalue weighted by atomic mass is 9.92. The Bertz CT molecular complexity index is 541. The molecule has 0 spiro atoms. The Hall–Kier alpha value is -1.31. The van der Waals surface area contributed by atoms with Crippen LogP contribution in [-0.2, 0) is 11.2 Å². The molecule has 0 atom stereocenters. The number of anilines is 1. The van der Waals surface area contributed by atoms with Crippen molar-refractivity contribution in [1.29, 1.82) is 0 Å². The van der Waals surface area contributed by atoms with Crippen LogP contribution in [0.2, 0.25) is 0 Å². The zero-order chi connectivity index (χ0) is 11.1. The van der Waals surface area contributed by atoms with E-state index >= 15 is 0 Å². The molecule has 0 N–H and O–H groups in total. The van der Waals surface area contributed by atoms with Crippen molar-refractivity contribution in [2.45, 2.75) is 12.8 Å². The highest BCUT2D eigenvalue weighted by Gasteiger charge is 2.24. The van der Waals surface area contributed by atoms with E-state index in [2.05, 4.69) is 20.8 Å². The Kier molecular flexibility index (Phi) is 2.23. The Morgan fingerprint density at radius 3 is 3.06 bits per heavy atom. The fourth-order valence-electron chi connectivity index (χ4n) is 2.43. The maximum absolute atomic E-state index is 10.9. The van der Waals surface area contributed by atoms with E-state index in [1.807, 2.05) is 30.4 Å². The summed E-state index contributed by atoms with van der Waals surface area (Å²) >= 11 is 3.58. The van der Waals surface area contributed by atoms with E-state index in [0.717, 1.165) is 29.4 Å². The van der Waals surface area contributed by atoms with Crippen LogP contribution in [0.3, 0.4) is 0 Å². The molecule has 1 aromatic rings. The molecule has 0 fully saturated rings. The normalized spacial score (nSPS) is 17.1. The van der Waals surface area contributed by atoms with Gasteiger partial charge < -0.3 is 4.90 Å². The van der Waals surface area contributed by atoms with Gasteiger partial charge >= 0.3 is 0 Å². The maximum Gasteiger partial charge on any atom is 0.133 e. The molecule has 2 nitrogen and oxygen atoms in total. The molecule has 0 radical (unpaired) electrons. The summed E-state index contributed by atoms with van der Waals surface area (Å²) in [7, 11) is 0. The van der Waals surface area contributed by atoms with Gasteiger partial charge in [-0.1, -0.05) is 22.0 Å². The van der Waals surface area contributed by atoms with Crippen LogP contribution in [0, 0.1) is 0 Å². The Balaban J connectivity index is 2.33. The minimum atomic E-state index is 0.655. The van der Waals surface area contributed by atoms with Crippen molar-refractivity contribution in [3.8, 4) is 0 Å². The predicted octanol–water partition coefficient (Wildman–Crippen LogP) is 2.94. The first-order valence-electron chi connectivity index (χ1n) is 5.33. The van der Waals surface area contributed by atoms with Crippen LogP contribution >= 0.6 is 15.9 Å². The van der Waals surface area contributed by atoms with E-state index < -0.39 is 0 Å². The average molecular weight is 276 g/mol. The molecule has 2 aliphatic rings. The molecular formula is C13H10BrNO. The number of halogens is 1. The van der Waals surface area contributed by atoms with Crippen LogP contribution in [0.15, 0.2) is 28.9 Å². The predicted molar refractivity (Wildman–Crippen MR) is 68.0 cm³/mol. The number of rotatable bonds is 0. The SMILES string of the molecule is O=C=C1C=CN2CCCc3c(Br)ccc1c32. The van der Waals surface area contributed by atoms with E-state index in [1.54, 1.807) is 0 Å². The van der Waals surface area contributed by atoms with Crippen molar-refractivity contribution in [3.05, 3.63) is 40.0 Å². The minimum absolute atomic E-state index is 0.655. The van der Waals surface area contributed by atoms with Gasteiger partial charge in [-0.2, -0.15) is 0 Å². The number of carbonyl (C=O) groups excluding carboxylic acids is 1. The number of hydrogen-bond acceptors (Lipinski definition) is 2. The van der Waals surface area contributed by atoms with Gasteiger partial charge in [-0.25, -0.2) is 4.79 Å². The van der Waals surface area contributed by atoms with Gasteiger partial charge in [0, 0.05) is 22.8 Å². The lowest BCUT2D eigenvalue weighted by Gasteiger charge is -2.33. The second kappa shape index (κ2) is 3.62. The van der Waals surface area contributed by atoms with Gasteiger partial charge in [-0.3, -0.25) is 0 Å². The molecule has 2 aliphatic heterocycles. The van der Waals surface area contributed by atoms with E-state index in [0.29, 0.717) is 5.57 Å². The monoisotopic (exact) mass is 275 g/mol. The zero-order valence-electron chi connectivity index (χ0n) is 8.66. The first-order chi connectivity index (χ1) is 7.81. The van der Waals surface area contributed by atoms with Gasteiger partial charge in [0.2, 0.25) is 0 Å². The number of nitrogens with zero attached hydrogens (tertiary/aromatic N) is 1. The van der Waals surface area contributed by atoms with Crippen LogP contribution in [0.1, 0.15) is 17.5 Å². The molecule has 2 heterocycles. The Morgan fingerprint density at radius 1 is 1.38 bits per heavy atom. The summed E-state index contributed by atoms with van der Waals surface area (Å²) in [4.78, 5) is 13.1. The third-order valence-corrected chi connectivity index (χ3v) is 3.90. The van der Waals surface area contributed by atoms with Crippen LogP contribution < -0.4 is 4.90 Å². The van der Waals surface area contributed by atoms with E-state index in [4.69, 9.17) is 0 Å². The van der Waals surface area contributed by atoms with Gasteiger partial charge in [0.1, 0.15) is 5.94 Å². The van der Waals surface area contributed by atoms with Crippen LogP contribution in [0.5, 0.6) is 0 Å². The first kappa shape index (κ1) is 9.88. The van der Waals surface area contributed by atoms with Crippen molar-refractivity contribution < 1.29 is 4.79 Å². The summed E-state index contributed by atoms with van der Waals surface area (Å²) < 4.78 is 1.14. The molecule has 3 rings (SSSR count). The van der Waals surface area contributed by atoms with Gasteiger partial charge in [-0.05, 0) is 30.5 Å². The lowest BCUT2D eigenvalue weighted by Crippen LogP contribution is -2.27. The second-order valence-corrected chi connectivity index (χ2v) is 4.90. The summed E-state index contributed by atoms with van der Waals surface area (Å²) in [5.41, 5.74) is 4.15. The topological polar surface area (TPSA) is 20.3 Å². The van der Waals surface area contributed by atoms with E-state index in [-0.39, 0.29) is 0 Å². The molecule has 0 saturated carbocycles. The van der Waals surface area contributed by atoms with Crippen molar-refractivity contribution in [2.24, 2.45) is 0 Å². The molecule has 0 amide bonds. The molecule has 1 aromatic carbocycles. The molecule has 80 valence electrons. The number of benzene rings is 1. The Morgan fingerprint density at radius 2 is 2.25 bits per heavy atom. The highest BCUT2D eigenvalue weighted by Crippen LogP contribution is 2.41. The smallest absolute Gasteiger partial charge is 0.133 e. The van der Waals surface area contributed by atoms with E-state index in [9.17, 15) is 4.79 Å². The lowest BCUT2D eigenvalue weighted by molar-refractivity contribution is 0.569. The maximum atomic E-state index is 10.9. The Labute approximate surface area is 102 Å². The van der Waals surface area contributed by atoms with Gasteiger partial charge in [0.15, 0.2) is 0 Å². The zero-order valence-corrected chi connectivity index (χ0v) is 10.3. The molecule has 0 bridgehead atoms. The molecular weight excluding hydrogens is 266 g/mol. The van der Waals surface area contributed by atoms with Crippen molar-refractivity contribution >= 4 is 33.1 Å². The number of hydrogen-bond donors (Lipinski definition) is 0. The first-order valence-corrected chi connectivity index (χ1v) is 6.12. The van der Waals surface area contributed by atoms with Crippen molar-refractivity contribution in [3.63, 3.8) is 0 Å². The average Bonchev–Trinajstić information content (AvgIpc) is 2.34. The standard InChI is InChI=1S/C13H10BrNO/c14-12-4-3-10-9(8-16)5-7-15-6-1-2-11(12)13(10)15/h3-5,7H,1-2,6H2. The molecule has 0 aliphatic carbocycles. The molecule has 3 heteroatoms. The molecule has 0 saturated heterocycles. The highest BCUT2D eigenvalue weighted by molar-refractivity contribution is 9.10. The second-order valence-electron chi connectivity index (χ2n) is 4.05. The van der Waals surface area contributed by atoms with Gasteiger partial charge in [0.25, 0.3) is 0 Å². The highest BCUT2D eigenvalue weighted by atomic mass is 79.9. The molecule has 0 unspecified atom stereocenters. The summed E-state index contributed by atoms with van der Waals surface area (Å²) in [6, 6.07) is 4.01. The summed E-state index contributed by atoms with van der Waals surface area (Å²) in [6.45, 7) is 1.03. The van der Waals surface area contributed by atoms with Crippen LogP contribution in [0.25, 0.3) is 5.57 Å². The van der Waals surface area contributed by atoms with Gasteiger partial charge in [0.05, 0.1) is 11.3 Å².